The molecule has 0 atom stereocenters. The highest BCUT2D eigenvalue weighted by Gasteiger charge is 2.30. The van der Waals surface area contributed by atoms with Crippen LogP contribution in [0, 0.1) is 0 Å². The van der Waals surface area contributed by atoms with Gasteiger partial charge in [-0.15, -0.1) is 11.3 Å². The molecule has 0 spiro atoms. The number of halogens is 4. The van der Waals surface area contributed by atoms with Crippen LogP contribution < -0.4 is 5.46 Å². The van der Waals surface area contributed by atoms with Crippen LogP contribution in [-0.2, 0) is 6.18 Å². The highest BCUT2D eigenvalue weighted by atomic mass is 79.9. The predicted octanol–water partition coefficient (Wildman–Crippen LogP) is 2.71. The molecule has 1 aromatic carbocycles. The van der Waals surface area contributed by atoms with Crippen molar-refractivity contribution in [2.75, 3.05) is 0 Å². The van der Waals surface area contributed by atoms with Crippen LogP contribution in [0.1, 0.15) is 15.2 Å². The van der Waals surface area contributed by atoms with Crippen molar-refractivity contribution in [1.82, 2.24) is 0 Å². The minimum absolute atomic E-state index is 0.0352. The lowest BCUT2D eigenvalue weighted by atomic mass is 9.80. The molecule has 0 saturated carbocycles. The van der Waals surface area contributed by atoms with Crippen LogP contribution in [0.25, 0.3) is 0 Å². The first-order valence-corrected chi connectivity index (χ1v) is 7.09. The van der Waals surface area contributed by atoms with E-state index in [1.165, 1.54) is 11.3 Å². The smallest absolute Gasteiger partial charge is 0.423 e. The highest BCUT2D eigenvalue weighted by Crippen LogP contribution is 2.28. The van der Waals surface area contributed by atoms with Gasteiger partial charge in [-0.25, -0.2) is 0 Å². The predicted molar refractivity (Wildman–Crippen MR) is 78.7 cm³/mol. The summed E-state index contributed by atoms with van der Waals surface area (Å²) in [7, 11) is -1.73. The Morgan fingerprint density at radius 3 is 1.95 bits per heavy atom. The molecule has 0 unspecified atom stereocenters. The summed E-state index contributed by atoms with van der Waals surface area (Å²) in [5, 5.41) is 17.2. The first-order valence-electron chi connectivity index (χ1n) is 5.48. The lowest BCUT2D eigenvalue weighted by Crippen LogP contribution is -2.29. The molecule has 0 aliphatic rings. The summed E-state index contributed by atoms with van der Waals surface area (Å²) >= 11 is 4.67. The van der Waals surface area contributed by atoms with Gasteiger partial charge >= 0.3 is 13.3 Å². The van der Waals surface area contributed by atoms with Crippen molar-refractivity contribution in [1.29, 1.82) is 0 Å². The number of carbonyl (C=O) groups is 1. The fourth-order valence-corrected chi connectivity index (χ4v) is 2.47. The van der Waals surface area contributed by atoms with Gasteiger partial charge in [-0.05, 0) is 33.5 Å². The fraction of sp³-hybridized carbons (Fsp3) is 0.0833. The van der Waals surface area contributed by atoms with Gasteiger partial charge in [-0.3, -0.25) is 4.79 Å². The number of aldehydes is 1. The van der Waals surface area contributed by atoms with Crippen LogP contribution in [0.5, 0.6) is 0 Å². The lowest BCUT2D eigenvalue weighted by molar-refractivity contribution is -0.137. The van der Waals surface area contributed by atoms with Gasteiger partial charge in [-0.2, -0.15) is 13.2 Å². The Morgan fingerprint density at radius 2 is 1.67 bits per heavy atom. The second-order valence-corrected chi connectivity index (χ2v) is 6.25. The molecule has 2 aromatic rings. The zero-order valence-corrected chi connectivity index (χ0v) is 12.7. The van der Waals surface area contributed by atoms with Crippen LogP contribution in [0.4, 0.5) is 13.2 Å². The van der Waals surface area contributed by atoms with Gasteiger partial charge in [-0.1, -0.05) is 24.3 Å². The number of hydrogen-bond donors (Lipinski definition) is 2. The Hall–Kier alpha value is -1.16. The Morgan fingerprint density at radius 1 is 1.10 bits per heavy atom. The second-order valence-electron chi connectivity index (χ2n) is 3.75. The third-order valence-electron chi connectivity index (χ3n) is 2.25. The summed E-state index contributed by atoms with van der Waals surface area (Å²) in [4.78, 5) is 10.8. The van der Waals surface area contributed by atoms with Crippen molar-refractivity contribution in [3.05, 3.63) is 50.6 Å². The maximum absolute atomic E-state index is 12.0. The van der Waals surface area contributed by atoms with E-state index < -0.39 is 18.9 Å². The summed E-state index contributed by atoms with van der Waals surface area (Å²) in [5.74, 6) is 0. The van der Waals surface area contributed by atoms with Gasteiger partial charge in [0, 0.05) is 0 Å². The molecule has 0 aliphatic carbocycles. The average molecular weight is 381 g/mol. The van der Waals surface area contributed by atoms with Crippen molar-refractivity contribution in [2.45, 2.75) is 6.18 Å². The van der Waals surface area contributed by atoms with Crippen molar-refractivity contribution in [2.24, 2.45) is 0 Å². The van der Waals surface area contributed by atoms with E-state index >= 15 is 0 Å². The van der Waals surface area contributed by atoms with Gasteiger partial charge in [0.25, 0.3) is 0 Å². The van der Waals surface area contributed by atoms with Crippen molar-refractivity contribution in [3.8, 4) is 0 Å². The van der Waals surface area contributed by atoms with Crippen molar-refractivity contribution in [3.63, 3.8) is 0 Å². The third-order valence-corrected chi connectivity index (χ3v) is 3.80. The summed E-state index contributed by atoms with van der Waals surface area (Å²) in [6.45, 7) is 0. The van der Waals surface area contributed by atoms with Crippen LogP contribution in [0.2, 0.25) is 0 Å². The van der Waals surface area contributed by atoms with E-state index in [2.05, 4.69) is 15.9 Å². The zero-order chi connectivity index (χ0) is 16.0. The minimum atomic E-state index is -4.39. The molecule has 9 heteroatoms. The van der Waals surface area contributed by atoms with Crippen LogP contribution >= 0.6 is 27.3 Å². The SMILES string of the molecule is O=Cc1ccc(Br)s1.OB(O)c1ccc(C(F)(F)F)cc1. The third kappa shape index (κ3) is 6.00. The molecule has 112 valence electrons. The molecule has 21 heavy (non-hydrogen) atoms. The second kappa shape index (κ2) is 7.74. The molecule has 0 amide bonds. The van der Waals surface area contributed by atoms with Gasteiger partial charge < -0.3 is 10.0 Å². The minimum Gasteiger partial charge on any atom is -0.423 e. The Balaban J connectivity index is 0.000000235. The number of hydrogen-bond acceptors (Lipinski definition) is 4. The molecule has 0 aliphatic heterocycles. The molecular weight excluding hydrogens is 372 g/mol. The molecule has 2 rings (SSSR count). The Kier molecular flexibility index (Phi) is 6.60. The normalized spacial score (nSPS) is 10.6. The van der Waals surface area contributed by atoms with Crippen molar-refractivity contribution < 1.29 is 28.0 Å². The number of thiophene rings is 1. The van der Waals surface area contributed by atoms with E-state index in [1.807, 2.05) is 6.07 Å². The van der Waals surface area contributed by atoms with E-state index in [4.69, 9.17) is 10.0 Å². The molecule has 0 fully saturated rings. The quantitative estimate of drug-likeness (QED) is 0.622. The monoisotopic (exact) mass is 380 g/mol. The molecule has 1 heterocycles. The van der Waals surface area contributed by atoms with E-state index in [-0.39, 0.29) is 5.46 Å². The maximum Gasteiger partial charge on any atom is 0.488 e. The Labute approximate surface area is 131 Å². The number of rotatable bonds is 2. The standard InChI is InChI=1S/C7H6BF3O2.C5H3BrOS/c9-7(10,11)5-1-3-6(4-2-5)8(12)13;6-5-2-1-4(3-7)8-5/h1-4,12-13H;1-3H. The molecule has 0 saturated heterocycles. The first kappa shape index (κ1) is 17.9. The largest absolute Gasteiger partial charge is 0.488 e. The van der Waals surface area contributed by atoms with Crippen LogP contribution in [-0.4, -0.2) is 23.5 Å². The molecule has 1 aromatic heterocycles. The van der Waals surface area contributed by atoms with Gasteiger partial charge in [0.15, 0.2) is 6.29 Å². The van der Waals surface area contributed by atoms with Gasteiger partial charge in [0.2, 0.25) is 0 Å². The summed E-state index contributed by atoms with van der Waals surface area (Å²) in [5.41, 5.74) is -0.773. The lowest BCUT2D eigenvalue weighted by Gasteiger charge is -2.06. The van der Waals surface area contributed by atoms with E-state index in [0.717, 1.165) is 39.2 Å². The average Bonchev–Trinajstić information content (AvgIpc) is 2.84. The van der Waals surface area contributed by atoms with E-state index in [9.17, 15) is 18.0 Å². The number of alkyl halides is 3. The number of carbonyl (C=O) groups excluding carboxylic acids is 1. The van der Waals surface area contributed by atoms with Gasteiger partial charge in [0.05, 0.1) is 14.2 Å². The maximum atomic E-state index is 12.0. The van der Waals surface area contributed by atoms with Gasteiger partial charge in [0.1, 0.15) is 0 Å². The summed E-state index contributed by atoms with van der Waals surface area (Å²) in [6.07, 6.45) is -3.55. The zero-order valence-electron chi connectivity index (χ0n) is 10.3. The highest BCUT2D eigenvalue weighted by molar-refractivity contribution is 9.11. The van der Waals surface area contributed by atoms with Crippen LogP contribution in [0.3, 0.4) is 0 Å². The molecular formula is C12H9BBrF3O3S. The topological polar surface area (TPSA) is 57.5 Å². The van der Waals surface area contributed by atoms with Crippen LogP contribution in [0.15, 0.2) is 40.2 Å². The molecule has 0 bridgehead atoms. The molecule has 0 radical (unpaired) electrons. The van der Waals surface area contributed by atoms with E-state index in [1.54, 1.807) is 6.07 Å². The number of benzene rings is 1. The molecule has 3 nitrogen and oxygen atoms in total. The fourth-order valence-electron chi connectivity index (χ4n) is 1.24. The van der Waals surface area contributed by atoms with E-state index in [0.29, 0.717) is 0 Å². The van der Waals surface area contributed by atoms with Crippen molar-refractivity contribution >= 4 is 46.1 Å². The summed E-state index contributed by atoms with van der Waals surface area (Å²) in [6, 6.07) is 7.28. The first-order chi connectivity index (χ1) is 9.74. The summed E-state index contributed by atoms with van der Waals surface area (Å²) < 4.78 is 37.0. The molecule has 2 N–H and O–H groups in total. The Bertz CT molecular complexity index is 584.